The Labute approximate surface area is 163 Å². The van der Waals surface area contributed by atoms with Gasteiger partial charge in [0.2, 0.25) is 11.8 Å². The molecule has 0 amide bonds. The maximum atomic E-state index is 13.8. The topological polar surface area (TPSA) is 108 Å². The number of benzene rings is 2. The Kier molecular flexibility index (Phi) is 4.51. The Bertz CT molecular complexity index is 1240. The van der Waals surface area contributed by atoms with Crippen LogP contribution >= 0.6 is 0 Å². The number of ether oxygens (including phenoxy) is 1. The van der Waals surface area contributed by atoms with E-state index in [9.17, 15) is 14.5 Å². The second kappa shape index (κ2) is 7.15. The number of methoxy groups -OCH3 is 1. The molecule has 146 valence electrons. The van der Waals surface area contributed by atoms with E-state index < -0.39 is 16.4 Å². The van der Waals surface area contributed by atoms with Gasteiger partial charge in [-0.05, 0) is 18.2 Å². The van der Waals surface area contributed by atoms with Crippen LogP contribution in [0.4, 0.5) is 21.7 Å². The molecule has 2 aromatic heterocycles. The number of anilines is 2. The molecule has 2 aromatic carbocycles. The summed E-state index contributed by atoms with van der Waals surface area (Å²) < 4.78 is 20.7. The van der Waals surface area contributed by atoms with Crippen molar-refractivity contribution in [3.8, 4) is 17.0 Å². The van der Waals surface area contributed by atoms with Crippen LogP contribution in [0.25, 0.3) is 22.2 Å². The molecule has 10 heteroatoms. The molecule has 0 fully saturated rings. The SMILES string of the molecule is COc1cc(F)c([N+](=O)[O-])cc1Nc1nccc(-c2ccc3c(cnn3C)c2)n1. The highest BCUT2D eigenvalue weighted by Gasteiger charge is 2.19. The van der Waals surface area contributed by atoms with E-state index in [0.29, 0.717) is 5.69 Å². The van der Waals surface area contributed by atoms with E-state index in [2.05, 4.69) is 20.4 Å². The standard InChI is InChI=1S/C19H15FN6O3/c1-25-16-4-3-11(7-12(16)10-22-25)14-5-6-21-19(23-14)24-15-9-17(26(27)28)13(20)8-18(15)29-2/h3-10H,1-2H3,(H,21,23,24). The predicted octanol–water partition coefficient (Wildman–Crippen LogP) is 3.83. The van der Waals surface area contributed by atoms with Crippen LogP contribution in [-0.4, -0.2) is 31.8 Å². The second-order valence-corrected chi connectivity index (χ2v) is 6.19. The molecule has 0 unspecified atom stereocenters. The van der Waals surface area contributed by atoms with E-state index in [1.54, 1.807) is 23.1 Å². The first-order chi connectivity index (χ1) is 14.0. The number of nitrogens with zero attached hydrogens (tertiary/aromatic N) is 5. The fourth-order valence-corrected chi connectivity index (χ4v) is 2.97. The highest BCUT2D eigenvalue weighted by Crippen LogP contribution is 2.33. The van der Waals surface area contributed by atoms with Gasteiger partial charge in [0.25, 0.3) is 0 Å². The highest BCUT2D eigenvalue weighted by atomic mass is 19.1. The van der Waals surface area contributed by atoms with Crippen molar-refractivity contribution in [2.75, 3.05) is 12.4 Å². The maximum Gasteiger partial charge on any atom is 0.307 e. The lowest BCUT2D eigenvalue weighted by atomic mass is 10.1. The fraction of sp³-hybridized carbons (Fsp3) is 0.105. The Morgan fingerprint density at radius 2 is 2.07 bits per heavy atom. The van der Waals surface area contributed by atoms with E-state index in [4.69, 9.17) is 4.74 Å². The largest absolute Gasteiger partial charge is 0.494 e. The van der Waals surface area contributed by atoms with E-state index in [1.807, 2.05) is 25.2 Å². The maximum absolute atomic E-state index is 13.8. The second-order valence-electron chi connectivity index (χ2n) is 6.19. The van der Waals surface area contributed by atoms with E-state index in [-0.39, 0.29) is 17.4 Å². The summed E-state index contributed by atoms with van der Waals surface area (Å²) in [5, 5.41) is 19.1. The molecule has 2 heterocycles. The number of nitro groups is 1. The third kappa shape index (κ3) is 3.43. The van der Waals surface area contributed by atoms with E-state index >= 15 is 0 Å². The summed E-state index contributed by atoms with van der Waals surface area (Å²) in [5.41, 5.74) is 1.99. The molecule has 0 aliphatic carbocycles. The lowest BCUT2D eigenvalue weighted by Crippen LogP contribution is -2.02. The third-order valence-electron chi connectivity index (χ3n) is 4.41. The Balaban J connectivity index is 1.70. The van der Waals surface area contributed by atoms with Crippen LogP contribution in [0.2, 0.25) is 0 Å². The zero-order chi connectivity index (χ0) is 20.5. The molecule has 0 bridgehead atoms. The highest BCUT2D eigenvalue weighted by molar-refractivity contribution is 5.84. The number of rotatable bonds is 5. The summed E-state index contributed by atoms with van der Waals surface area (Å²) in [6.45, 7) is 0. The van der Waals surface area contributed by atoms with Gasteiger partial charge in [0.05, 0.1) is 35.1 Å². The molecule has 0 aliphatic rings. The van der Waals surface area contributed by atoms with E-state index in [0.717, 1.165) is 28.6 Å². The monoisotopic (exact) mass is 394 g/mol. The lowest BCUT2D eigenvalue weighted by Gasteiger charge is -2.11. The average molecular weight is 394 g/mol. The summed E-state index contributed by atoms with van der Waals surface area (Å²) in [4.78, 5) is 18.8. The zero-order valence-corrected chi connectivity index (χ0v) is 15.5. The molecule has 0 saturated heterocycles. The molecule has 0 radical (unpaired) electrons. The summed E-state index contributed by atoms with van der Waals surface area (Å²) in [6, 6.07) is 9.55. The van der Waals surface area contributed by atoms with Crippen molar-refractivity contribution >= 4 is 28.2 Å². The smallest absolute Gasteiger partial charge is 0.307 e. The summed E-state index contributed by atoms with van der Waals surface area (Å²) >= 11 is 0. The molecular formula is C19H15FN6O3. The quantitative estimate of drug-likeness (QED) is 0.405. The minimum Gasteiger partial charge on any atom is -0.494 e. The Morgan fingerprint density at radius 1 is 1.24 bits per heavy atom. The van der Waals surface area contributed by atoms with Gasteiger partial charge in [0.15, 0.2) is 0 Å². The lowest BCUT2D eigenvalue weighted by molar-refractivity contribution is -0.387. The van der Waals surface area contributed by atoms with Crippen molar-refractivity contribution < 1.29 is 14.1 Å². The van der Waals surface area contributed by atoms with Crippen LogP contribution in [0, 0.1) is 15.9 Å². The van der Waals surface area contributed by atoms with Gasteiger partial charge in [-0.3, -0.25) is 14.8 Å². The summed E-state index contributed by atoms with van der Waals surface area (Å²) in [5.74, 6) is -0.705. The van der Waals surface area contributed by atoms with Gasteiger partial charge in [0.1, 0.15) is 5.75 Å². The number of hydrogen-bond acceptors (Lipinski definition) is 7. The summed E-state index contributed by atoms with van der Waals surface area (Å²) in [7, 11) is 3.20. The van der Waals surface area contributed by atoms with Crippen molar-refractivity contribution in [1.29, 1.82) is 0 Å². The van der Waals surface area contributed by atoms with Crippen LogP contribution < -0.4 is 10.1 Å². The molecule has 4 rings (SSSR count). The van der Waals surface area contributed by atoms with Gasteiger partial charge < -0.3 is 10.1 Å². The number of aryl methyl sites for hydroxylation is 1. The number of nitrogens with one attached hydrogen (secondary N) is 1. The number of nitro benzene ring substituents is 1. The third-order valence-corrected chi connectivity index (χ3v) is 4.41. The molecule has 9 nitrogen and oxygen atoms in total. The molecule has 1 N–H and O–H groups in total. The number of hydrogen-bond donors (Lipinski definition) is 1. The van der Waals surface area contributed by atoms with Gasteiger partial charge >= 0.3 is 5.69 Å². The van der Waals surface area contributed by atoms with Gasteiger partial charge in [-0.15, -0.1) is 0 Å². The van der Waals surface area contributed by atoms with Crippen LogP contribution in [0.15, 0.2) is 48.8 Å². The molecule has 0 spiro atoms. The van der Waals surface area contributed by atoms with Crippen molar-refractivity contribution in [3.63, 3.8) is 0 Å². The van der Waals surface area contributed by atoms with Crippen molar-refractivity contribution in [2.24, 2.45) is 7.05 Å². The fourth-order valence-electron chi connectivity index (χ4n) is 2.97. The Morgan fingerprint density at radius 3 is 2.83 bits per heavy atom. The molecular weight excluding hydrogens is 379 g/mol. The molecule has 0 saturated carbocycles. The van der Waals surface area contributed by atoms with Gasteiger partial charge in [-0.25, -0.2) is 9.97 Å². The minimum atomic E-state index is -0.989. The molecule has 29 heavy (non-hydrogen) atoms. The van der Waals surface area contributed by atoms with Crippen molar-refractivity contribution in [3.05, 3.63) is 64.7 Å². The van der Waals surface area contributed by atoms with Crippen molar-refractivity contribution in [1.82, 2.24) is 19.7 Å². The van der Waals surface area contributed by atoms with Gasteiger partial charge in [0, 0.05) is 36.3 Å². The number of aromatic nitrogens is 4. The van der Waals surface area contributed by atoms with Crippen LogP contribution in [0.3, 0.4) is 0 Å². The minimum absolute atomic E-state index is 0.0962. The van der Waals surface area contributed by atoms with Crippen LogP contribution in [-0.2, 0) is 7.05 Å². The normalized spacial score (nSPS) is 10.9. The first kappa shape index (κ1) is 18.3. The average Bonchev–Trinajstić information content (AvgIpc) is 3.09. The molecule has 0 atom stereocenters. The zero-order valence-electron chi connectivity index (χ0n) is 15.5. The van der Waals surface area contributed by atoms with Gasteiger partial charge in [-0.2, -0.15) is 9.49 Å². The number of halogens is 1. The molecule has 4 aromatic rings. The first-order valence-corrected chi connectivity index (χ1v) is 8.50. The Hall–Kier alpha value is -4.08. The molecule has 0 aliphatic heterocycles. The predicted molar refractivity (Wildman–Crippen MR) is 105 cm³/mol. The van der Waals surface area contributed by atoms with Crippen molar-refractivity contribution in [2.45, 2.75) is 0 Å². The van der Waals surface area contributed by atoms with E-state index in [1.165, 1.54) is 7.11 Å². The van der Waals surface area contributed by atoms with Crippen LogP contribution in [0.1, 0.15) is 0 Å². The number of fused-ring (bicyclic) bond motifs is 1. The first-order valence-electron chi connectivity index (χ1n) is 8.50. The van der Waals surface area contributed by atoms with Gasteiger partial charge in [-0.1, -0.05) is 6.07 Å². The van der Waals surface area contributed by atoms with Crippen LogP contribution in [0.5, 0.6) is 5.75 Å². The summed E-state index contributed by atoms with van der Waals surface area (Å²) in [6.07, 6.45) is 3.32.